The van der Waals surface area contributed by atoms with Gasteiger partial charge in [0, 0.05) is 18.7 Å². The molecule has 1 aromatic heterocycles. The van der Waals surface area contributed by atoms with E-state index in [-0.39, 0.29) is 6.10 Å². The summed E-state index contributed by atoms with van der Waals surface area (Å²) in [6, 6.07) is 2.44. The third-order valence-electron chi connectivity index (χ3n) is 4.74. The third kappa shape index (κ3) is 4.08. The second kappa shape index (κ2) is 7.26. The van der Waals surface area contributed by atoms with E-state index in [9.17, 15) is 5.11 Å². The van der Waals surface area contributed by atoms with Crippen LogP contribution in [0, 0.1) is 11.8 Å². The molecule has 0 saturated heterocycles. The highest BCUT2D eigenvalue weighted by Crippen LogP contribution is 2.33. The van der Waals surface area contributed by atoms with Crippen molar-refractivity contribution in [3.05, 3.63) is 18.0 Å². The summed E-state index contributed by atoms with van der Waals surface area (Å²) in [5.41, 5.74) is 1.03. The molecule has 1 aliphatic rings. The van der Waals surface area contributed by atoms with Gasteiger partial charge >= 0.3 is 0 Å². The van der Waals surface area contributed by atoms with Crippen LogP contribution in [0.1, 0.15) is 71.0 Å². The van der Waals surface area contributed by atoms with E-state index in [0.29, 0.717) is 18.4 Å². The van der Waals surface area contributed by atoms with Gasteiger partial charge in [0.2, 0.25) is 0 Å². The topological polar surface area (TPSA) is 38.0 Å². The number of nitrogens with zero attached hydrogens (tertiary/aromatic N) is 2. The molecule has 1 aromatic rings. The van der Waals surface area contributed by atoms with E-state index in [1.165, 1.54) is 38.5 Å². The zero-order chi connectivity index (χ0) is 14.5. The highest BCUT2D eigenvalue weighted by molar-refractivity contribution is 5.02. The van der Waals surface area contributed by atoms with Gasteiger partial charge in [-0.2, -0.15) is 5.10 Å². The summed E-state index contributed by atoms with van der Waals surface area (Å²) in [7, 11) is 0. The molecule has 0 aromatic carbocycles. The van der Waals surface area contributed by atoms with Crippen molar-refractivity contribution in [2.75, 3.05) is 0 Å². The first-order chi connectivity index (χ1) is 9.60. The van der Waals surface area contributed by atoms with Crippen LogP contribution in [0.3, 0.4) is 0 Å². The molecule has 0 spiro atoms. The molecule has 1 atom stereocenters. The minimum absolute atomic E-state index is 0.215. The smallest absolute Gasteiger partial charge is 0.0650 e. The SMILES string of the molecule is CCCC1CCC(C(O)Cc2ccn(C(C)C)n2)CC1. The summed E-state index contributed by atoms with van der Waals surface area (Å²) < 4.78 is 1.97. The Balaban J connectivity index is 1.81. The summed E-state index contributed by atoms with van der Waals surface area (Å²) in [5, 5.41) is 15.0. The van der Waals surface area contributed by atoms with Gasteiger partial charge in [-0.3, -0.25) is 4.68 Å². The van der Waals surface area contributed by atoms with Gasteiger partial charge in [0.1, 0.15) is 0 Å². The average Bonchev–Trinajstić information content (AvgIpc) is 2.88. The zero-order valence-electron chi connectivity index (χ0n) is 13.3. The molecule has 0 aliphatic heterocycles. The maximum Gasteiger partial charge on any atom is 0.0650 e. The van der Waals surface area contributed by atoms with Crippen LogP contribution in [-0.4, -0.2) is 21.0 Å². The minimum atomic E-state index is -0.215. The summed E-state index contributed by atoms with van der Waals surface area (Å²) in [6.45, 7) is 6.52. The fraction of sp³-hybridized carbons (Fsp3) is 0.824. The van der Waals surface area contributed by atoms with E-state index in [2.05, 4.69) is 25.9 Å². The van der Waals surface area contributed by atoms with Crippen LogP contribution in [0.4, 0.5) is 0 Å². The van der Waals surface area contributed by atoms with E-state index in [1.54, 1.807) is 0 Å². The van der Waals surface area contributed by atoms with Crippen molar-refractivity contribution in [2.24, 2.45) is 11.8 Å². The molecule has 3 heteroatoms. The van der Waals surface area contributed by atoms with E-state index < -0.39 is 0 Å². The molecular formula is C17H30N2O. The summed E-state index contributed by atoms with van der Waals surface area (Å²) in [5.74, 6) is 1.39. The first kappa shape index (κ1) is 15.6. The van der Waals surface area contributed by atoms with Crippen molar-refractivity contribution < 1.29 is 5.11 Å². The molecule has 1 heterocycles. The molecule has 114 valence electrons. The predicted octanol–water partition coefficient (Wildman–Crippen LogP) is 3.97. The van der Waals surface area contributed by atoms with Crippen LogP contribution in [-0.2, 0) is 6.42 Å². The molecule has 1 unspecified atom stereocenters. The second-order valence-electron chi connectivity index (χ2n) is 6.72. The van der Waals surface area contributed by atoms with Crippen molar-refractivity contribution in [1.82, 2.24) is 9.78 Å². The lowest BCUT2D eigenvalue weighted by atomic mass is 9.77. The largest absolute Gasteiger partial charge is 0.392 e. The van der Waals surface area contributed by atoms with Gasteiger partial charge in [0.15, 0.2) is 0 Å². The summed E-state index contributed by atoms with van der Waals surface area (Å²) in [6.07, 6.45) is 10.2. The van der Waals surface area contributed by atoms with Gasteiger partial charge in [-0.1, -0.05) is 32.6 Å². The fourth-order valence-corrected chi connectivity index (χ4v) is 3.42. The van der Waals surface area contributed by atoms with Crippen LogP contribution in [0.5, 0.6) is 0 Å². The number of aromatic nitrogens is 2. The number of hydrogen-bond donors (Lipinski definition) is 1. The maximum atomic E-state index is 10.4. The number of hydrogen-bond acceptors (Lipinski definition) is 2. The molecule has 1 saturated carbocycles. The Morgan fingerprint density at radius 3 is 2.55 bits per heavy atom. The zero-order valence-corrected chi connectivity index (χ0v) is 13.3. The first-order valence-corrected chi connectivity index (χ1v) is 8.32. The minimum Gasteiger partial charge on any atom is -0.392 e. The van der Waals surface area contributed by atoms with Gasteiger partial charge in [0.25, 0.3) is 0 Å². The molecule has 0 bridgehead atoms. The van der Waals surface area contributed by atoms with Crippen molar-refractivity contribution in [2.45, 2.75) is 77.9 Å². The molecule has 1 aliphatic carbocycles. The predicted molar refractivity (Wildman–Crippen MR) is 82.7 cm³/mol. The maximum absolute atomic E-state index is 10.4. The lowest BCUT2D eigenvalue weighted by Gasteiger charge is -2.31. The molecule has 2 rings (SSSR count). The Morgan fingerprint density at radius 2 is 2.00 bits per heavy atom. The Kier molecular flexibility index (Phi) is 5.64. The lowest BCUT2D eigenvalue weighted by Crippen LogP contribution is -2.27. The first-order valence-electron chi connectivity index (χ1n) is 8.32. The Bertz CT molecular complexity index is 391. The van der Waals surface area contributed by atoms with Crippen molar-refractivity contribution in [1.29, 1.82) is 0 Å². The molecular weight excluding hydrogens is 248 g/mol. The van der Waals surface area contributed by atoms with Crippen LogP contribution in [0.2, 0.25) is 0 Å². The quantitative estimate of drug-likeness (QED) is 0.855. The molecule has 1 fully saturated rings. The number of rotatable bonds is 6. The van der Waals surface area contributed by atoms with Gasteiger partial charge < -0.3 is 5.11 Å². The lowest BCUT2D eigenvalue weighted by molar-refractivity contribution is 0.0719. The van der Waals surface area contributed by atoms with Crippen LogP contribution in [0.15, 0.2) is 12.3 Å². The molecule has 3 nitrogen and oxygen atoms in total. The van der Waals surface area contributed by atoms with Crippen molar-refractivity contribution >= 4 is 0 Å². The van der Waals surface area contributed by atoms with Crippen LogP contribution >= 0.6 is 0 Å². The fourth-order valence-electron chi connectivity index (χ4n) is 3.42. The van der Waals surface area contributed by atoms with Gasteiger partial charge in [-0.05, 0) is 44.6 Å². The van der Waals surface area contributed by atoms with Crippen LogP contribution in [0.25, 0.3) is 0 Å². The summed E-state index contributed by atoms with van der Waals surface area (Å²) >= 11 is 0. The van der Waals surface area contributed by atoms with E-state index in [0.717, 1.165) is 11.6 Å². The average molecular weight is 278 g/mol. The Labute approximate surface area is 123 Å². The standard InChI is InChI=1S/C17H30N2O/c1-4-5-14-6-8-15(9-7-14)17(20)12-16-10-11-19(18-16)13(2)3/h10-11,13-15,17,20H,4-9,12H2,1-3H3. The summed E-state index contributed by atoms with van der Waals surface area (Å²) in [4.78, 5) is 0. The third-order valence-corrected chi connectivity index (χ3v) is 4.74. The Morgan fingerprint density at radius 1 is 1.30 bits per heavy atom. The number of aliphatic hydroxyl groups is 1. The van der Waals surface area contributed by atoms with Gasteiger partial charge in [-0.15, -0.1) is 0 Å². The van der Waals surface area contributed by atoms with Gasteiger partial charge in [-0.25, -0.2) is 0 Å². The van der Waals surface area contributed by atoms with Crippen molar-refractivity contribution in [3.63, 3.8) is 0 Å². The van der Waals surface area contributed by atoms with Crippen molar-refractivity contribution in [3.8, 4) is 0 Å². The molecule has 0 amide bonds. The second-order valence-corrected chi connectivity index (χ2v) is 6.72. The molecule has 20 heavy (non-hydrogen) atoms. The van der Waals surface area contributed by atoms with E-state index in [4.69, 9.17) is 0 Å². The molecule has 0 radical (unpaired) electrons. The highest BCUT2D eigenvalue weighted by atomic mass is 16.3. The normalized spacial score (nSPS) is 25.1. The van der Waals surface area contributed by atoms with E-state index in [1.807, 2.05) is 16.9 Å². The van der Waals surface area contributed by atoms with E-state index >= 15 is 0 Å². The monoisotopic (exact) mass is 278 g/mol. The molecule has 1 N–H and O–H groups in total. The van der Waals surface area contributed by atoms with Gasteiger partial charge in [0.05, 0.1) is 11.8 Å². The number of aliphatic hydroxyl groups excluding tert-OH is 1. The Hall–Kier alpha value is -0.830. The van der Waals surface area contributed by atoms with Crippen LogP contribution < -0.4 is 0 Å². The highest BCUT2D eigenvalue weighted by Gasteiger charge is 2.26.